The minimum atomic E-state index is 0.0123. The van der Waals surface area contributed by atoms with Crippen LogP contribution in [0.15, 0.2) is 42.5 Å². The summed E-state index contributed by atoms with van der Waals surface area (Å²) in [6.07, 6.45) is 1.58. The van der Waals surface area contributed by atoms with Crippen molar-refractivity contribution in [3.05, 3.63) is 48.0 Å². The highest BCUT2D eigenvalue weighted by Crippen LogP contribution is 2.25. The van der Waals surface area contributed by atoms with Crippen LogP contribution in [0, 0.1) is 0 Å². The fraction of sp³-hybridized carbons (Fsp3) is 0.286. The Kier molecular flexibility index (Phi) is 3.54. The topological polar surface area (TPSA) is 46.2 Å². The molecule has 0 bridgehead atoms. The quantitative estimate of drug-likeness (QED) is 0.823. The van der Waals surface area contributed by atoms with E-state index in [0.717, 1.165) is 12.8 Å². The van der Waals surface area contributed by atoms with Crippen molar-refractivity contribution in [2.45, 2.75) is 18.9 Å². The molecule has 2 nitrogen and oxygen atoms in total. The normalized spacial score (nSPS) is 12.9. The van der Waals surface area contributed by atoms with Gasteiger partial charge in [-0.1, -0.05) is 42.5 Å². The van der Waals surface area contributed by atoms with Crippen molar-refractivity contribution in [3.63, 3.8) is 0 Å². The summed E-state index contributed by atoms with van der Waals surface area (Å²) < 4.78 is 0. The molecule has 2 aromatic rings. The van der Waals surface area contributed by atoms with Gasteiger partial charge in [0.15, 0.2) is 0 Å². The Balaban J connectivity index is 2.36. The fourth-order valence-electron chi connectivity index (χ4n) is 2.04. The van der Waals surface area contributed by atoms with Gasteiger partial charge < -0.3 is 10.8 Å². The number of rotatable bonds is 4. The van der Waals surface area contributed by atoms with Crippen LogP contribution in [0.2, 0.25) is 0 Å². The molecule has 2 rings (SSSR count). The van der Waals surface area contributed by atoms with Gasteiger partial charge >= 0.3 is 0 Å². The van der Waals surface area contributed by atoms with Crippen LogP contribution in [0.25, 0.3) is 10.8 Å². The van der Waals surface area contributed by atoms with Gasteiger partial charge in [-0.15, -0.1) is 0 Å². The SMILES string of the molecule is N[C@@H](CCCO)c1cccc2ccccc12. The molecule has 0 aliphatic rings. The summed E-state index contributed by atoms with van der Waals surface area (Å²) in [5.74, 6) is 0. The molecule has 0 fully saturated rings. The monoisotopic (exact) mass is 215 g/mol. The Bertz CT molecular complexity index is 462. The summed E-state index contributed by atoms with van der Waals surface area (Å²) in [6, 6.07) is 14.5. The van der Waals surface area contributed by atoms with Crippen molar-refractivity contribution >= 4 is 10.8 Å². The van der Waals surface area contributed by atoms with E-state index < -0.39 is 0 Å². The molecule has 3 N–H and O–H groups in total. The molecular weight excluding hydrogens is 198 g/mol. The van der Waals surface area contributed by atoms with Crippen LogP contribution in [0.5, 0.6) is 0 Å². The summed E-state index contributed by atoms with van der Waals surface area (Å²) in [4.78, 5) is 0. The van der Waals surface area contributed by atoms with E-state index in [0.29, 0.717) is 0 Å². The number of hydrogen-bond acceptors (Lipinski definition) is 2. The van der Waals surface area contributed by atoms with Crippen molar-refractivity contribution < 1.29 is 5.11 Å². The van der Waals surface area contributed by atoms with Crippen molar-refractivity contribution in [3.8, 4) is 0 Å². The predicted octanol–water partition coefficient (Wildman–Crippen LogP) is 2.61. The molecule has 0 unspecified atom stereocenters. The number of aliphatic hydroxyl groups is 1. The highest BCUT2D eigenvalue weighted by atomic mass is 16.2. The van der Waals surface area contributed by atoms with E-state index in [1.165, 1.54) is 16.3 Å². The smallest absolute Gasteiger partial charge is 0.0431 e. The van der Waals surface area contributed by atoms with Crippen LogP contribution in [-0.4, -0.2) is 11.7 Å². The Morgan fingerprint density at radius 2 is 1.81 bits per heavy atom. The molecule has 0 radical (unpaired) electrons. The largest absolute Gasteiger partial charge is 0.396 e. The molecule has 2 aromatic carbocycles. The Labute approximate surface area is 95.7 Å². The third-order valence-corrected chi connectivity index (χ3v) is 2.90. The Morgan fingerprint density at radius 3 is 2.62 bits per heavy atom. The van der Waals surface area contributed by atoms with Crippen molar-refractivity contribution in [2.75, 3.05) is 6.61 Å². The Morgan fingerprint density at radius 1 is 1.06 bits per heavy atom. The molecule has 0 aliphatic carbocycles. The molecule has 0 aliphatic heterocycles. The van der Waals surface area contributed by atoms with Gasteiger partial charge in [-0.3, -0.25) is 0 Å². The first-order chi connectivity index (χ1) is 7.83. The standard InChI is InChI=1S/C14H17NO/c15-14(9-4-10-16)13-8-3-6-11-5-1-2-7-12(11)13/h1-3,5-8,14,16H,4,9-10,15H2/t14-/m0/s1. The number of nitrogens with two attached hydrogens (primary N) is 1. The maximum Gasteiger partial charge on any atom is 0.0431 e. The zero-order chi connectivity index (χ0) is 11.4. The highest BCUT2D eigenvalue weighted by molar-refractivity contribution is 5.86. The first kappa shape index (κ1) is 11.1. The fourth-order valence-corrected chi connectivity index (χ4v) is 2.04. The summed E-state index contributed by atoms with van der Waals surface area (Å²) in [6.45, 7) is 0.207. The molecule has 0 saturated carbocycles. The average molecular weight is 215 g/mol. The predicted molar refractivity (Wildman–Crippen MR) is 67.2 cm³/mol. The molecule has 84 valence electrons. The zero-order valence-electron chi connectivity index (χ0n) is 9.26. The van der Waals surface area contributed by atoms with Crippen LogP contribution < -0.4 is 5.73 Å². The minimum absolute atomic E-state index is 0.0123. The third kappa shape index (κ3) is 2.23. The average Bonchev–Trinajstić information content (AvgIpc) is 2.35. The Hall–Kier alpha value is -1.38. The van der Waals surface area contributed by atoms with Gasteiger partial charge in [0.1, 0.15) is 0 Å². The second kappa shape index (κ2) is 5.10. The van der Waals surface area contributed by atoms with E-state index >= 15 is 0 Å². The van der Waals surface area contributed by atoms with Crippen LogP contribution in [0.1, 0.15) is 24.4 Å². The molecule has 0 aromatic heterocycles. The van der Waals surface area contributed by atoms with Crippen LogP contribution in [0.3, 0.4) is 0 Å². The van der Waals surface area contributed by atoms with Gasteiger partial charge in [0.25, 0.3) is 0 Å². The van der Waals surface area contributed by atoms with Gasteiger partial charge in [0.05, 0.1) is 0 Å². The lowest BCUT2D eigenvalue weighted by atomic mass is 9.96. The van der Waals surface area contributed by atoms with E-state index in [2.05, 4.69) is 24.3 Å². The summed E-state index contributed by atoms with van der Waals surface area (Å²) in [5, 5.41) is 11.3. The van der Waals surface area contributed by atoms with Crippen LogP contribution >= 0.6 is 0 Å². The van der Waals surface area contributed by atoms with Crippen molar-refractivity contribution in [2.24, 2.45) is 5.73 Å². The maximum absolute atomic E-state index is 8.82. The molecule has 0 spiro atoms. The third-order valence-electron chi connectivity index (χ3n) is 2.90. The van der Waals surface area contributed by atoms with Gasteiger partial charge in [-0.25, -0.2) is 0 Å². The minimum Gasteiger partial charge on any atom is -0.396 e. The first-order valence-corrected chi connectivity index (χ1v) is 5.67. The summed E-state index contributed by atoms with van der Waals surface area (Å²) in [7, 11) is 0. The van der Waals surface area contributed by atoms with Gasteiger partial charge in [-0.05, 0) is 29.2 Å². The van der Waals surface area contributed by atoms with Gasteiger partial charge in [0.2, 0.25) is 0 Å². The highest BCUT2D eigenvalue weighted by Gasteiger charge is 2.08. The lowest BCUT2D eigenvalue weighted by molar-refractivity contribution is 0.280. The van der Waals surface area contributed by atoms with Crippen LogP contribution in [-0.2, 0) is 0 Å². The van der Waals surface area contributed by atoms with Gasteiger partial charge in [0, 0.05) is 12.6 Å². The molecular formula is C14H17NO. The summed E-state index contributed by atoms with van der Waals surface area (Å²) >= 11 is 0. The molecule has 0 saturated heterocycles. The van der Waals surface area contributed by atoms with Gasteiger partial charge in [-0.2, -0.15) is 0 Å². The van der Waals surface area contributed by atoms with E-state index in [1.54, 1.807) is 0 Å². The molecule has 16 heavy (non-hydrogen) atoms. The van der Waals surface area contributed by atoms with Crippen molar-refractivity contribution in [1.29, 1.82) is 0 Å². The van der Waals surface area contributed by atoms with Crippen molar-refractivity contribution in [1.82, 2.24) is 0 Å². The zero-order valence-corrected chi connectivity index (χ0v) is 9.26. The maximum atomic E-state index is 8.82. The van der Waals surface area contributed by atoms with E-state index in [4.69, 9.17) is 10.8 Å². The lowest BCUT2D eigenvalue weighted by Gasteiger charge is -2.14. The first-order valence-electron chi connectivity index (χ1n) is 5.67. The molecule has 0 amide bonds. The molecule has 2 heteroatoms. The van der Waals surface area contributed by atoms with Crippen LogP contribution in [0.4, 0.5) is 0 Å². The second-order valence-electron chi connectivity index (χ2n) is 4.04. The molecule has 0 heterocycles. The number of benzene rings is 2. The van der Waals surface area contributed by atoms with E-state index in [-0.39, 0.29) is 12.6 Å². The second-order valence-corrected chi connectivity index (χ2v) is 4.04. The molecule has 1 atom stereocenters. The van der Waals surface area contributed by atoms with E-state index in [1.807, 2.05) is 18.2 Å². The summed E-state index contributed by atoms with van der Waals surface area (Å²) in [5.41, 5.74) is 7.31. The number of aliphatic hydroxyl groups excluding tert-OH is 1. The number of fused-ring (bicyclic) bond motifs is 1. The van der Waals surface area contributed by atoms with E-state index in [9.17, 15) is 0 Å². The number of hydrogen-bond donors (Lipinski definition) is 2. The lowest BCUT2D eigenvalue weighted by Crippen LogP contribution is -2.11.